The molecule has 0 amide bonds. The molecule has 21 heavy (non-hydrogen) atoms. The van der Waals surface area contributed by atoms with Gasteiger partial charge in [-0.1, -0.05) is 18.2 Å². The van der Waals surface area contributed by atoms with Crippen LogP contribution in [-0.4, -0.2) is 6.61 Å². The van der Waals surface area contributed by atoms with Gasteiger partial charge in [-0.15, -0.1) is 0 Å². The molecule has 5 heteroatoms. The van der Waals surface area contributed by atoms with E-state index in [-0.39, 0.29) is 18.7 Å². The van der Waals surface area contributed by atoms with E-state index in [0.717, 1.165) is 17.7 Å². The van der Waals surface area contributed by atoms with E-state index in [4.69, 9.17) is 10.00 Å². The van der Waals surface area contributed by atoms with Crippen molar-refractivity contribution in [1.29, 1.82) is 5.26 Å². The predicted molar refractivity (Wildman–Crippen MR) is 74.5 cm³/mol. The Labute approximate surface area is 121 Å². The van der Waals surface area contributed by atoms with Gasteiger partial charge in [-0.2, -0.15) is 5.26 Å². The summed E-state index contributed by atoms with van der Waals surface area (Å²) in [6, 6.07) is 12.5. The second kappa shape index (κ2) is 7.36. The predicted octanol–water partition coefficient (Wildman–Crippen LogP) is 3.16. The summed E-state index contributed by atoms with van der Waals surface area (Å²) in [4.78, 5) is 0. The Kier molecular flexibility index (Phi) is 5.24. The van der Waals surface area contributed by atoms with Gasteiger partial charge in [0.1, 0.15) is 23.5 Å². The van der Waals surface area contributed by atoms with Crippen LogP contribution in [0.25, 0.3) is 0 Å². The van der Waals surface area contributed by atoms with Crippen molar-refractivity contribution in [3.8, 4) is 11.8 Å². The highest BCUT2D eigenvalue weighted by Crippen LogP contribution is 2.18. The molecular weight excluding hydrogens is 274 g/mol. The molecule has 0 aliphatic heterocycles. The van der Waals surface area contributed by atoms with Crippen molar-refractivity contribution in [3.63, 3.8) is 0 Å². The zero-order valence-electron chi connectivity index (χ0n) is 11.3. The molecule has 2 rings (SSSR count). The van der Waals surface area contributed by atoms with Crippen LogP contribution in [0.15, 0.2) is 42.5 Å². The van der Waals surface area contributed by atoms with Gasteiger partial charge in [-0.3, -0.25) is 0 Å². The van der Waals surface area contributed by atoms with Crippen molar-refractivity contribution < 1.29 is 13.5 Å². The molecule has 0 bridgehead atoms. The van der Waals surface area contributed by atoms with Crippen LogP contribution in [0.4, 0.5) is 8.78 Å². The van der Waals surface area contributed by atoms with Crippen LogP contribution in [-0.2, 0) is 13.1 Å². The SMILES string of the molecule is N#CCOc1ccccc1CNCc1cc(F)ccc1F. The number of hydrogen-bond donors (Lipinski definition) is 1. The Bertz CT molecular complexity index is 653. The molecule has 2 aromatic rings. The first-order chi connectivity index (χ1) is 10.2. The summed E-state index contributed by atoms with van der Waals surface area (Å²) in [6.45, 7) is 0.600. The molecule has 0 heterocycles. The second-order valence-corrected chi connectivity index (χ2v) is 4.39. The minimum absolute atomic E-state index is 0.0322. The number of nitriles is 1. The molecule has 1 N–H and O–H groups in total. The third-order valence-corrected chi connectivity index (χ3v) is 2.90. The summed E-state index contributed by atoms with van der Waals surface area (Å²) in [5.74, 6) is -0.310. The lowest BCUT2D eigenvalue weighted by molar-refractivity contribution is 0.362. The normalized spacial score (nSPS) is 10.1. The molecule has 0 spiro atoms. The van der Waals surface area contributed by atoms with Gasteiger partial charge in [-0.05, 0) is 24.3 Å². The summed E-state index contributed by atoms with van der Waals surface area (Å²) in [5, 5.41) is 11.6. The fourth-order valence-corrected chi connectivity index (χ4v) is 1.91. The topological polar surface area (TPSA) is 45.0 Å². The van der Waals surface area contributed by atoms with Crippen LogP contribution < -0.4 is 10.1 Å². The van der Waals surface area contributed by atoms with E-state index in [1.165, 1.54) is 6.07 Å². The molecule has 108 valence electrons. The summed E-state index contributed by atoms with van der Waals surface area (Å²) >= 11 is 0. The van der Waals surface area contributed by atoms with Crippen molar-refractivity contribution in [3.05, 3.63) is 65.2 Å². The smallest absolute Gasteiger partial charge is 0.174 e. The molecule has 0 saturated carbocycles. The Morgan fingerprint density at radius 2 is 1.81 bits per heavy atom. The lowest BCUT2D eigenvalue weighted by Crippen LogP contribution is -2.15. The molecule has 2 aromatic carbocycles. The number of benzene rings is 2. The van der Waals surface area contributed by atoms with Crippen LogP contribution in [0.2, 0.25) is 0 Å². The van der Waals surface area contributed by atoms with E-state index >= 15 is 0 Å². The van der Waals surface area contributed by atoms with Gasteiger partial charge in [0.05, 0.1) is 0 Å². The van der Waals surface area contributed by atoms with E-state index in [0.29, 0.717) is 12.3 Å². The van der Waals surface area contributed by atoms with E-state index in [1.807, 2.05) is 24.3 Å². The highest BCUT2D eigenvalue weighted by atomic mass is 19.1. The van der Waals surface area contributed by atoms with Gasteiger partial charge in [-0.25, -0.2) is 8.78 Å². The third kappa shape index (κ3) is 4.26. The van der Waals surface area contributed by atoms with Gasteiger partial charge >= 0.3 is 0 Å². The molecule has 0 atom stereocenters. The van der Waals surface area contributed by atoms with Crippen LogP contribution in [0.3, 0.4) is 0 Å². The number of nitrogens with one attached hydrogen (secondary N) is 1. The van der Waals surface area contributed by atoms with Crippen molar-refractivity contribution in [2.45, 2.75) is 13.1 Å². The lowest BCUT2D eigenvalue weighted by atomic mass is 10.1. The monoisotopic (exact) mass is 288 g/mol. The number of nitrogens with zero attached hydrogens (tertiary/aromatic N) is 1. The molecule has 0 aliphatic carbocycles. The highest BCUT2D eigenvalue weighted by molar-refractivity contribution is 5.33. The van der Waals surface area contributed by atoms with E-state index < -0.39 is 11.6 Å². The zero-order valence-corrected chi connectivity index (χ0v) is 11.3. The average molecular weight is 288 g/mol. The molecule has 0 fully saturated rings. The molecule has 0 aromatic heterocycles. The maximum atomic E-state index is 13.5. The van der Waals surface area contributed by atoms with E-state index in [9.17, 15) is 8.78 Å². The molecule has 0 saturated heterocycles. The number of ether oxygens (including phenoxy) is 1. The van der Waals surface area contributed by atoms with Crippen molar-refractivity contribution in [2.75, 3.05) is 6.61 Å². The van der Waals surface area contributed by atoms with Crippen LogP contribution in [0, 0.1) is 23.0 Å². The van der Waals surface area contributed by atoms with E-state index in [2.05, 4.69) is 5.32 Å². The van der Waals surface area contributed by atoms with Crippen LogP contribution in [0.1, 0.15) is 11.1 Å². The van der Waals surface area contributed by atoms with Gasteiger partial charge in [0.2, 0.25) is 0 Å². The lowest BCUT2D eigenvalue weighted by Gasteiger charge is -2.10. The Hall–Kier alpha value is -2.45. The minimum atomic E-state index is -0.467. The molecule has 0 radical (unpaired) electrons. The molecular formula is C16H14F2N2O. The van der Waals surface area contributed by atoms with E-state index in [1.54, 1.807) is 6.07 Å². The molecule has 0 aliphatic rings. The number of rotatable bonds is 6. The average Bonchev–Trinajstić information content (AvgIpc) is 2.50. The largest absolute Gasteiger partial charge is 0.478 e. The van der Waals surface area contributed by atoms with Gasteiger partial charge in [0, 0.05) is 24.2 Å². The maximum absolute atomic E-state index is 13.5. The highest BCUT2D eigenvalue weighted by Gasteiger charge is 2.05. The van der Waals surface area contributed by atoms with Crippen molar-refractivity contribution in [2.24, 2.45) is 0 Å². The quantitative estimate of drug-likeness (QED) is 0.888. The summed E-state index contributed by atoms with van der Waals surface area (Å²) in [6.07, 6.45) is 0. The fourth-order valence-electron chi connectivity index (χ4n) is 1.91. The number of para-hydroxylation sites is 1. The summed E-state index contributed by atoms with van der Waals surface area (Å²) in [5.41, 5.74) is 1.12. The Balaban J connectivity index is 1.97. The minimum Gasteiger partial charge on any atom is -0.478 e. The van der Waals surface area contributed by atoms with Crippen molar-refractivity contribution in [1.82, 2.24) is 5.32 Å². The molecule has 0 unspecified atom stereocenters. The maximum Gasteiger partial charge on any atom is 0.174 e. The van der Waals surface area contributed by atoms with Gasteiger partial charge < -0.3 is 10.1 Å². The fraction of sp³-hybridized carbons (Fsp3) is 0.188. The first-order valence-corrected chi connectivity index (χ1v) is 6.43. The zero-order chi connectivity index (χ0) is 15.1. The third-order valence-electron chi connectivity index (χ3n) is 2.90. The van der Waals surface area contributed by atoms with Crippen LogP contribution >= 0.6 is 0 Å². The van der Waals surface area contributed by atoms with Crippen LogP contribution in [0.5, 0.6) is 5.75 Å². The summed E-state index contributed by atoms with van der Waals surface area (Å²) in [7, 11) is 0. The van der Waals surface area contributed by atoms with Gasteiger partial charge in [0.15, 0.2) is 6.61 Å². The first-order valence-electron chi connectivity index (χ1n) is 6.43. The Morgan fingerprint density at radius 3 is 2.62 bits per heavy atom. The summed E-state index contributed by atoms with van der Waals surface area (Å²) < 4.78 is 31.8. The number of hydrogen-bond acceptors (Lipinski definition) is 3. The first kappa shape index (κ1) is 14.9. The molecule has 3 nitrogen and oxygen atoms in total. The Morgan fingerprint density at radius 1 is 1.05 bits per heavy atom. The second-order valence-electron chi connectivity index (χ2n) is 4.39. The van der Waals surface area contributed by atoms with Gasteiger partial charge in [0.25, 0.3) is 0 Å². The van der Waals surface area contributed by atoms with Crippen molar-refractivity contribution >= 4 is 0 Å². The number of halogens is 2. The standard InChI is InChI=1S/C16H14F2N2O/c17-14-5-6-15(18)13(9-14)11-20-10-12-3-1-2-4-16(12)21-8-7-19/h1-6,9,20H,8,10-11H2.